The van der Waals surface area contributed by atoms with Crippen LogP contribution in [0, 0.1) is 50.2 Å². The number of hydrogen-bond acceptors (Lipinski definition) is 4. The number of hydrogen-bond donors (Lipinski definition) is 4. The molecule has 198 valence electrons. The maximum Gasteiger partial charge on any atom is 0.310 e. The SMILES string of the molecule is CC1(C)CC[C@]2(C(=O)O)CC[C@]3(C)C(=CC[C@@H]4[C@@]5(C)C[C@@H](O)[C@H](O)[C@@](C)(CO)[C@@H]5CC[C@]43C)[C@H]2C1. The van der Waals surface area contributed by atoms with Crippen LogP contribution in [0.5, 0.6) is 0 Å². The van der Waals surface area contributed by atoms with Crippen LogP contribution in [-0.2, 0) is 4.79 Å². The zero-order chi connectivity index (χ0) is 25.8. The van der Waals surface area contributed by atoms with Gasteiger partial charge < -0.3 is 20.4 Å². The molecule has 5 heteroatoms. The summed E-state index contributed by atoms with van der Waals surface area (Å²) in [6, 6.07) is 0. The minimum Gasteiger partial charge on any atom is -0.481 e. The Labute approximate surface area is 211 Å². The van der Waals surface area contributed by atoms with Gasteiger partial charge in [-0.25, -0.2) is 0 Å². The molecular formula is C30H48O5. The predicted octanol–water partition coefficient (Wildman–Crippen LogP) is 5.18. The molecule has 0 unspecified atom stereocenters. The van der Waals surface area contributed by atoms with E-state index in [9.17, 15) is 25.2 Å². The van der Waals surface area contributed by atoms with Crippen molar-refractivity contribution in [3.8, 4) is 0 Å². The zero-order valence-corrected chi connectivity index (χ0v) is 22.7. The van der Waals surface area contributed by atoms with E-state index in [-0.39, 0.29) is 40.1 Å². The van der Waals surface area contributed by atoms with Crippen LogP contribution < -0.4 is 0 Å². The first kappa shape index (κ1) is 25.7. The van der Waals surface area contributed by atoms with Crippen molar-refractivity contribution in [3.63, 3.8) is 0 Å². The highest BCUT2D eigenvalue weighted by molar-refractivity contribution is 5.76. The number of rotatable bonds is 2. The molecule has 5 aliphatic rings. The molecule has 0 radical (unpaired) electrons. The molecular weight excluding hydrogens is 440 g/mol. The van der Waals surface area contributed by atoms with Crippen LogP contribution in [0.4, 0.5) is 0 Å². The molecule has 0 aliphatic heterocycles. The van der Waals surface area contributed by atoms with Crippen LogP contribution in [-0.4, -0.2) is 45.2 Å². The monoisotopic (exact) mass is 488 g/mol. The van der Waals surface area contributed by atoms with E-state index in [2.05, 4.69) is 40.7 Å². The third-order valence-corrected chi connectivity index (χ3v) is 13.2. The van der Waals surface area contributed by atoms with Crippen molar-refractivity contribution >= 4 is 5.97 Å². The summed E-state index contributed by atoms with van der Waals surface area (Å²) in [6.07, 6.45) is 8.40. The van der Waals surface area contributed by atoms with E-state index >= 15 is 0 Å². The third-order valence-electron chi connectivity index (χ3n) is 13.2. The molecule has 0 aromatic rings. The highest BCUT2D eigenvalue weighted by Crippen LogP contribution is 2.75. The molecule has 4 saturated carbocycles. The summed E-state index contributed by atoms with van der Waals surface area (Å²) < 4.78 is 0. The molecule has 0 amide bonds. The Kier molecular flexibility index (Phi) is 5.56. The van der Waals surface area contributed by atoms with Crippen molar-refractivity contribution in [3.05, 3.63) is 11.6 Å². The number of fused-ring (bicyclic) bond motifs is 7. The van der Waals surface area contributed by atoms with E-state index in [1.165, 1.54) is 5.57 Å². The molecule has 5 aliphatic carbocycles. The topological polar surface area (TPSA) is 98.0 Å². The molecule has 0 aromatic carbocycles. The van der Waals surface area contributed by atoms with Gasteiger partial charge in [-0.1, -0.05) is 53.2 Å². The predicted molar refractivity (Wildman–Crippen MR) is 135 cm³/mol. The Morgan fingerprint density at radius 2 is 1.60 bits per heavy atom. The lowest BCUT2D eigenvalue weighted by Crippen LogP contribution is -2.68. The minimum atomic E-state index is -0.907. The molecule has 0 bridgehead atoms. The number of carboxylic acid groups (broad SMARTS) is 1. The lowest BCUT2D eigenvalue weighted by molar-refractivity contribution is -0.243. The summed E-state index contributed by atoms with van der Waals surface area (Å²) in [5.74, 6) is -0.0472. The van der Waals surface area contributed by atoms with Crippen molar-refractivity contribution < 1.29 is 25.2 Å². The van der Waals surface area contributed by atoms with Crippen LogP contribution in [0.2, 0.25) is 0 Å². The second-order valence-corrected chi connectivity index (χ2v) is 15.1. The Morgan fingerprint density at radius 1 is 0.943 bits per heavy atom. The first-order valence-electron chi connectivity index (χ1n) is 14.0. The maximum absolute atomic E-state index is 12.8. The first-order chi connectivity index (χ1) is 16.1. The van der Waals surface area contributed by atoms with Crippen molar-refractivity contribution in [1.82, 2.24) is 0 Å². The molecule has 0 aromatic heterocycles. The van der Waals surface area contributed by atoms with Gasteiger partial charge in [-0.2, -0.15) is 0 Å². The summed E-state index contributed by atoms with van der Waals surface area (Å²) in [5, 5.41) is 42.8. The first-order valence-corrected chi connectivity index (χ1v) is 14.0. The molecule has 0 saturated heterocycles. The van der Waals surface area contributed by atoms with Gasteiger partial charge in [0.2, 0.25) is 0 Å². The van der Waals surface area contributed by atoms with Gasteiger partial charge in [-0.3, -0.25) is 4.79 Å². The number of carbonyl (C=O) groups is 1. The smallest absolute Gasteiger partial charge is 0.310 e. The van der Waals surface area contributed by atoms with Gasteiger partial charge in [0, 0.05) is 5.41 Å². The summed E-state index contributed by atoms with van der Waals surface area (Å²) >= 11 is 0. The fraction of sp³-hybridized carbons (Fsp3) is 0.900. The molecule has 10 atom stereocenters. The number of aliphatic hydroxyl groups excluding tert-OH is 3. The fourth-order valence-electron chi connectivity index (χ4n) is 10.8. The lowest BCUT2D eigenvalue weighted by atomic mass is 9.33. The molecule has 4 N–H and O–H groups in total. The Hall–Kier alpha value is -0.910. The van der Waals surface area contributed by atoms with E-state index in [4.69, 9.17) is 0 Å². The van der Waals surface area contributed by atoms with E-state index in [0.717, 1.165) is 51.4 Å². The van der Waals surface area contributed by atoms with Gasteiger partial charge in [0.05, 0.1) is 24.2 Å². The summed E-state index contributed by atoms with van der Waals surface area (Å²) in [7, 11) is 0. The average Bonchev–Trinajstić information content (AvgIpc) is 2.77. The summed E-state index contributed by atoms with van der Waals surface area (Å²) in [4.78, 5) is 12.8. The summed E-state index contributed by atoms with van der Waals surface area (Å²) in [6.45, 7) is 13.6. The van der Waals surface area contributed by atoms with Crippen molar-refractivity contribution in [2.75, 3.05) is 6.61 Å². The van der Waals surface area contributed by atoms with Gasteiger partial charge in [0.25, 0.3) is 0 Å². The van der Waals surface area contributed by atoms with Crippen molar-refractivity contribution in [2.45, 2.75) is 112 Å². The van der Waals surface area contributed by atoms with Gasteiger partial charge in [0.15, 0.2) is 0 Å². The van der Waals surface area contributed by atoms with E-state index in [1.54, 1.807) is 0 Å². The van der Waals surface area contributed by atoms with Crippen LogP contribution in [0.3, 0.4) is 0 Å². The quantitative estimate of drug-likeness (QED) is 0.402. The highest BCUT2D eigenvalue weighted by Gasteiger charge is 2.70. The van der Waals surface area contributed by atoms with Crippen molar-refractivity contribution in [1.29, 1.82) is 0 Å². The lowest BCUT2D eigenvalue weighted by Gasteiger charge is -2.71. The second-order valence-electron chi connectivity index (χ2n) is 15.1. The zero-order valence-electron chi connectivity index (χ0n) is 22.7. The van der Waals surface area contributed by atoms with Crippen LogP contribution >= 0.6 is 0 Å². The maximum atomic E-state index is 12.8. The Bertz CT molecular complexity index is 941. The van der Waals surface area contributed by atoms with E-state index in [1.807, 2.05) is 6.92 Å². The molecule has 5 rings (SSSR count). The second kappa shape index (κ2) is 7.57. The molecule has 0 heterocycles. The molecule has 4 fully saturated rings. The third kappa shape index (κ3) is 3.07. The fourth-order valence-corrected chi connectivity index (χ4v) is 10.8. The van der Waals surface area contributed by atoms with Gasteiger partial charge in [0.1, 0.15) is 0 Å². The van der Waals surface area contributed by atoms with Gasteiger partial charge in [-0.05, 0) is 97.2 Å². The Balaban J connectivity index is 1.61. The van der Waals surface area contributed by atoms with E-state index in [0.29, 0.717) is 12.3 Å². The number of allylic oxidation sites excluding steroid dienone is 2. The Morgan fingerprint density at radius 3 is 2.23 bits per heavy atom. The number of aliphatic hydroxyl groups is 3. The molecule has 35 heavy (non-hydrogen) atoms. The average molecular weight is 489 g/mol. The molecule has 0 spiro atoms. The van der Waals surface area contributed by atoms with Crippen LogP contribution in [0.25, 0.3) is 0 Å². The number of aliphatic carboxylic acids is 1. The summed E-state index contributed by atoms with van der Waals surface area (Å²) in [5.41, 5.74) is -0.0632. The van der Waals surface area contributed by atoms with Crippen molar-refractivity contribution in [2.24, 2.45) is 50.2 Å². The van der Waals surface area contributed by atoms with E-state index < -0.39 is 29.0 Å². The normalized spacial score (nSPS) is 55.0. The van der Waals surface area contributed by atoms with Crippen LogP contribution in [0.15, 0.2) is 11.6 Å². The molecule has 5 nitrogen and oxygen atoms in total. The minimum absolute atomic E-state index is 0.00698. The van der Waals surface area contributed by atoms with Gasteiger partial charge in [-0.15, -0.1) is 0 Å². The highest BCUT2D eigenvalue weighted by atomic mass is 16.4. The number of carboxylic acids is 1. The van der Waals surface area contributed by atoms with Gasteiger partial charge >= 0.3 is 5.97 Å². The standard InChI is InChI=1S/C30H48O5/c1-25(2)11-13-30(24(34)35)14-12-28(5)18(19(30)15-25)7-8-22-26(3)16-20(32)23(33)27(4,17-31)21(26)9-10-29(22,28)6/h7,19-23,31-33H,8-17H2,1-6H3,(H,34,35)/t19-,20-,21-,22-,23+,26+,27+,28-,29-,30+/m1/s1. The largest absolute Gasteiger partial charge is 0.481 e. The van der Waals surface area contributed by atoms with Crippen LogP contribution in [0.1, 0.15) is 99.3 Å².